The predicted octanol–water partition coefficient (Wildman–Crippen LogP) is 5.47. The summed E-state index contributed by atoms with van der Waals surface area (Å²) in [5.41, 5.74) is 5.04. The second-order valence-corrected chi connectivity index (χ2v) is 11.4. The Hall–Kier alpha value is -4.34. The summed E-state index contributed by atoms with van der Waals surface area (Å²) in [6.07, 6.45) is 7.70. The van der Waals surface area contributed by atoms with Crippen LogP contribution in [0.5, 0.6) is 17.4 Å². The lowest BCUT2D eigenvalue weighted by atomic mass is 10.0. The van der Waals surface area contributed by atoms with Crippen molar-refractivity contribution in [1.29, 1.82) is 0 Å². The third kappa shape index (κ3) is 5.38. The van der Waals surface area contributed by atoms with Crippen LogP contribution in [0, 0.1) is 12.8 Å². The molecule has 41 heavy (non-hydrogen) atoms. The molecule has 0 atom stereocenters. The molecule has 2 aliphatic heterocycles. The number of rotatable bonds is 7. The topological polar surface area (TPSA) is 108 Å². The number of carbonyl (C=O) groups is 1. The maximum Gasteiger partial charge on any atom is 0.322 e. The minimum Gasteiger partial charge on any atom is -0.497 e. The minimum atomic E-state index is -0.0331. The predicted molar refractivity (Wildman–Crippen MR) is 157 cm³/mol. The lowest BCUT2D eigenvalue weighted by molar-refractivity contribution is 0.177. The molecule has 0 bridgehead atoms. The van der Waals surface area contributed by atoms with Crippen molar-refractivity contribution in [3.8, 4) is 17.4 Å². The number of nitrogens with one attached hydrogen (secondary N) is 2. The Bertz CT molecular complexity index is 1590. The van der Waals surface area contributed by atoms with Crippen LogP contribution >= 0.6 is 0 Å². The van der Waals surface area contributed by atoms with E-state index in [1.165, 1.54) is 12.8 Å². The molecule has 1 saturated heterocycles. The first-order valence-electron chi connectivity index (χ1n) is 14.5. The van der Waals surface area contributed by atoms with Crippen LogP contribution in [-0.4, -0.2) is 63.7 Å². The summed E-state index contributed by atoms with van der Waals surface area (Å²) >= 11 is 0. The molecule has 2 amide bonds. The maximum atomic E-state index is 13.1. The van der Waals surface area contributed by atoms with E-state index in [0.29, 0.717) is 12.4 Å². The number of hydrogen-bond donors (Lipinski definition) is 2. The number of methoxy groups -OCH3 is 1. The number of urea groups is 1. The number of imidazole rings is 1. The molecule has 4 aromatic rings. The fourth-order valence-electron chi connectivity index (χ4n) is 6.05. The van der Waals surface area contributed by atoms with E-state index < -0.39 is 0 Å². The van der Waals surface area contributed by atoms with Gasteiger partial charge in [0.25, 0.3) is 0 Å². The van der Waals surface area contributed by atoms with Crippen molar-refractivity contribution in [2.75, 3.05) is 37.0 Å². The summed E-state index contributed by atoms with van der Waals surface area (Å²) in [5, 5.41) is 3.10. The zero-order chi connectivity index (χ0) is 27.9. The number of H-pyrrole nitrogens is 1. The van der Waals surface area contributed by atoms with Crippen LogP contribution in [0.1, 0.15) is 42.6 Å². The number of ether oxygens (including phenoxy) is 2. The first kappa shape index (κ1) is 25.6. The van der Waals surface area contributed by atoms with Crippen molar-refractivity contribution >= 4 is 28.6 Å². The van der Waals surface area contributed by atoms with E-state index in [4.69, 9.17) is 14.5 Å². The lowest BCUT2D eigenvalue weighted by Crippen LogP contribution is -2.49. The second-order valence-electron chi connectivity index (χ2n) is 11.4. The fraction of sp³-hybridized carbons (Fsp3) is 0.419. The maximum absolute atomic E-state index is 13.1. The zero-order valence-corrected chi connectivity index (χ0v) is 23.5. The molecule has 0 unspecified atom stereocenters. The van der Waals surface area contributed by atoms with Crippen LogP contribution in [0.2, 0.25) is 0 Å². The van der Waals surface area contributed by atoms with Gasteiger partial charge in [-0.25, -0.2) is 19.7 Å². The number of hydrogen-bond acceptors (Lipinski definition) is 7. The van der Waals surface area contributed by atoms with Crippen LogP contribution in [0.3, 0.4) is 0 Å². The number of aryl methyl sites for hydroxylation is 1. The number of fused-ring (bicyclic) bond motifs is 2. The average molecular weight is 554 g/mol. The monoisotopic (exact) mass is 553 g/mol. The molecule has 2 aromatic carbocycles. The molecule has 7 rings (SSSR count). The van der Waals surface area contributed by atoms with Crippen molar-refractivity contribution in [3.05, 3.63) is 59.7 Å². The van der Waals surface area contributed by atoms with Gasteiger partial charge in [-0.1, -0.05) is 0 Å². The number of nitrogens with zero attached hydrogens (tertiary/aromatic N) is 5. The Morgan fingerprint density at radius 2 is 1.85 bits per heavy atom. The average Bonchev–Trinajstić information content (AvgIpc) is 3.73. The number of amides is 2. The molecule has 1 aliphatic carbocycles. The van der Waals surface area contributed by atoms with Crippen molar-refractivity contribution < 1.29 is 14.3 Å². The van der Waals surface area contributed by atoms with Gasteiger partial charge in [-0.15, -0.1) is 0 Å². The highest BCUT2D eigenvalue weighted by molar-refractivity contribution is 5.91. The molecule has 10 nitrogen and oxygen atoms in total. The molecular formula is C31H35N7O3. The summed E-state index contributed by atoms with van der Waals surface area (Å²) in [4.78, 5) is 34.5. The van der Waals surface area contributed by atoms with Crippen LogP contribution in [0.15, 0.2) is 42.7 Å². The van der Waals surface area contributed by atoms with Gasteiger partial charge in [-0.3, -0.25) is 0 Å². The van der Waals surface area contributed by atoms with Crippen molar-refractivity contribution in [1.82, 2.24) is 24.8 Å². The van der Waals surface area contributed by atoms with Gasteiger partial charge in [0.05, 0.1) is 18.1 Å². The van der Waals surface area contributed by atoms with Gasteiger partial charge in [0.1, 0.15) is 29.5 Å². The molecule has 212 valence electrons. The fourth-order valence-corrected chi connectivity index (χ4v) is 6.05. The van der Waals surface area contributed by atoms with E-state index in [9.17, 15) is 4.79 Å². The molecule has 2 fully saturated rings. The Morgan fingerprint density at radius 1 is 1.00 bits per heavy atom. The van der Waals surface area contributed by atoms with E-state index in [2.05, 4.69) is 32.1 Å². The molecule has 2 N–H and O–H groups in total. The quantitative estimate of drug-likeness (QED) is 0.312. The third-order valence-electron chi connectivity index (χ3n) is 8.49. The third-order valence-corrected chi connectivity index (χ3v) is 8.49. The van der Waals surface area contributed by atoms with Crippen LogP contribution in [0.4, 0.5) is 16.3 Å². The van der Waals surface area contributed by atoms with Gasteiger partial charge in [0.15, 0.2) is 0 Å². The number of carbonyl (C=O) groups excluding carboxylic acids is 1. The van der Waals surface area contributed by atoms with Crippen LogP contribution in [0.25, 0.3) is 11.0 Å². The Balaban J connectivity index is 0.996. The molecule has 0 spiro atoms. The number of anilines is 2. The van der Waals surface area contributed by atoms with Gasteiger partial charge in [0.2, 0.25) is 5.88 Å². The summed E-state index contributed by atoms with van der Waals surface area (Å²) in [6, 6.07) is 11.9. The SMILES string of the molecule is COc1ccc2c(c1)CCN(C1CCN(c3cc(Oc4cc(C)c5nc(CC6CC6)[nH]c5c4)ncn3)CC1)C(=O)N2. The largest absolute Gasteiger partial charge is 0.497 e. The molecular weight excluding hydrogens is 518 g/mol. The van der Waals surface area contributed by atoms with Gasteiger partial charge >= 0.3 is 6.03 Å². The van der Waals surface area contributed by atoms with Crippen molar-refractivity contribution in [3.63, 3.8) is 0 Å². The molecule has 4 heterocycles. The number of aromatic nitrogens is 4. The Labute approximate surface area is 239 Å². The van der Waals surface area contributed by atoms with Gasteiger partial charge in [0, 0.05) is 49.9 Å². The first-order chi connectivity index (χ1) is 20.0. The highest BCUT2D eigenvalue weighted by atomic mass is 16.5. The highest BCUT2D eigenvalue weighted by Crippen LogP contribution is 2.34. The van der Waals surface area contributed by atoms with E-state index in [0.717, 1.165) is 95.7 Å². The van der Waals surface area contributed by atoms with Gasteiger partial charge in [-0.05, 0) is 80.3 Å². The summed E-state index contributed by atoms with van der Waals surface area (Å²) in [7, 11) is 1.66. The van der Waals surface area contributed by atoms with E-state index in [1.54, 1.807) is 13.4 Å². The molecule has 10 heteroatoms. The van der Waals surface area contributed by atoms with Crippen LogP contribution in [-0.2, 0) is 12.8 Å². The second kappa shape index (κ2) is 10.6. The van der Waals surface area contributed by atoms with E-state index in [1.807, 2.05) is 41.3 Å². The smallest absolute Gasteiger partial charge is 0.322 e. The number of aromatic amines is 1. The standard InChI is InChI=1S/C31H35N7O3/c1-19-13-24(16-26-30(19)36-27(34-26)14-20-3-4-20)41-29-17-28(32-18-33-29)37-10-8-22(9-11-37)38-12-7-21-15-23(40-2)5-6-25(21)35-31(38)39/h5-6,13,15-18,20,22H,3-4,7-12,14H2,1-2H3,(H,34,36)(H,35,39). The molecule has 0 radical (unpaired) electrons. The first-order valence-corrected chi connectivity index (χ1v) is 14.5. The highest BCUT2D eigenvalue weighted by Gasteiger charge is 2.31. The van der Waals surface area contributed by atoms with E-state index >= 15 is 0 Å². The van der Waals surface area contributed by atoms with E-state index in [-0.39, 0.29) is 12.1 Å². The zero-order valence-electron chi connectivity index (χ0n) is 23.5. The number of benzene rings is 2. The lowest BCUT2D eigenvalue weighted by Gasteiger charge is -2.38. The summed E-state index contributed by atoms with van der Waals surface area (Å²) in [5.74, 6) is 4.71. The van der Waals surface area contributed by atoms with Crippen molar-refractivity contribution in [2.45, 2.75) is 51.5 Å². The molecule has 1 saturated carbocycles. The van der Waals surface area contributed by atoms with Gasteiger partial charge < -0.3 is 29.6 Å². The molecule has 2 aromatic heterocycles. The summed E-state index contributed by atoms with van der Waals surface area (Å²) < 4.78 is 11.6. The van der Waals surface area contributed by atoms with Crippen LogP contribution < -0.4 is 19.7 Å². The summed E-state index contributed by atoms with van der Waals surface area (Å²) in [6.45, 7) is 4.35. The molecule has 3 aliphatic rings. The van der Waals surface area contributed by atoms with Crippen molar-refractivity contribution in [2.24, 2.45) is 5.92 Å². The van der Waals surface area contributed by atoms with Gasteiger partial charge in [-0.2, -0.15) is 0 Å². The minimum absolute atomic E-state index is 0.0331. The number of piperidine rings is 1. The normalized spacial score (nSPS) is 17.8. The Morgan fingerprint density at radius 3 is 2.66 bits per heavy atom. The Kier molecular flexibility index (Phi) is 6.60.